The molecule has 1 atom stereocenters. The molecule has 0 saturated heterocycles. The fourth-order valence-electron chi connectivity index (χ4n) is 1.21. The van der Waals surface area contributed by atoms with Crippen molar-refractivity contribution >= 4 is 22.6 Å². The van der Waals surface area contributed by atoms with Gasteiger partial charge < -0.3 is 10.5 Å². The van der Waals surface area contributed by atoms with Gasteiger partial charge in [0.2, 0.25) is 0 Å². The number of fused-ring (bicyclic) bond motifs is 1. The van der Waals surface area contributed by atoms with Crippen molar-refractivity contribution < 1.29 is 4.74 Å². The van der Waals surface area contributed by atoms with Crippen LogP contribution >= 0.6 is 22.6 Å². The summed E-state index contributed by atoms with van der Waals surface area (Å²) in [7, 11) is 0. The Morgan fingerprint density at radius 2 is 2.36 bits per heavy atom. The molecule has 2 nitrogen and oxygen atoms in total. The van der Waals surface area contributed by atoms with Gasteiger partial charge in [0.1, 0.15) is 12.4 Å². The molecule has 2 N–H and O–H groups in total. The van der Waals surface area contributed by atoms with Crippen LogP contribution in [0.3, 0.4) is 0 Å². The van der Waals surface area contributed by atoms with E-state index in [1.165, 1.54) is 3.57 Å². The van der Waals surface area contributed by atoms with Gasteiger partial charge in [0, 0.05) is 9.13 Å². The Morgan fingerprint density at radius 1 is 1.55 bits per heavy atom. The van der Waals surface area contributed by atoms with Crippen LogP contribution in [0.1, 0.15) is 11.6 Å². The highest BCUT2D eigenvalue weighted by atomic mass is 127. The number of halogens is 1. The van der Waals surface area contributed by atoms with Gasteiger partial charge in [0.05, 0.1) is 6.04 Å². The van der Waals surface area contributed by atoms with Crippen LogP contribution in [0.2, 0.25) is 0 Å². The molecule has 58 valence electrons. The fourth-order valence-corrected chi connectivity index (χ4v) is 1.67. The maximum absolute atomic E-state index is 5.77. The van der Waals surface area contributed by atoms with E-state index in [2.05, 4.69) is 22.6 Å². The van der Waals surface area contributed by atoms with Gasteiger partial charge in [0.15, 0.2) is 0 Å². The molecular formula is C8H8INO. The lowest BCUT2D eigenvalue weighted by atomic mass is 10.1. The third kappa shape index (κ3) is 1.22. The molecule has 1 heterocycles. The summed E-state index contributed by atoms with van der Waals surface area (Å²) in [6.07, 6.45) is 0. The quantitative estimate of drug-likeness (QED) is 0.721. The lowest BCUT2D eigenvalue weighted by molar-refractivity contribution is 0.333. The molecular weight excluding hydrogens is 253 g/mol. The van der Waals surface area contributed by atoms with E-state index in [1.807, 2.05) is 18.2 Å². The molecule has 1 aromatic carbocycles. The van der Waals surface area contributed by atoms with Crippen molar-refractivity contribution in [2.45, 2.75) is 6.04 Å². The topological polar surface area (TPSA) is 35.2 Å². The van der Waals surface area contributed by atoms with E-state index < -0.39 is 0 Å². The normalized spacial score (nSPS) is 21.1. The van der Waals surface area contributed by atoms with E-state index in [9.17, 15) is 0 Å². The smallest absolute Gasteiger partial charge is 0.125 e. The Hall–Kier alpha value is -0.290. The summed E-state index contributed by atoms with van der Waals surface area (Å²) in [5.74, 6) is 0.949. The van der Waals surface area contributed by atoms with Crippen molar-refractivity contribution in [3.05, 3.63) is 27.3 Å². The van der Waals surface area contributed by atoms with Crippen molar-refractivity contribution in [2.75, 3.05) is 6.61 Å². The molecule has 0 amide bonds. The van der Waals surface area contributed by atoms with E-state index in [4.69, 9.17) is 10.5 Å². The maximum atomic E-state index is 5.77. The molecule has 0 radical (unpaired) electrons. The molecule has 3 heteroatoms. The summed E-state index contributed by atoms with van der Waals surface area (Å²) in [6, 6.07) is 6.17. The van der Waals surface area contributed by atoms with Crippen LogP contribution in [0.5, 0.6) is 5.75 Å². The highest BCUT2D eigenvalue weighted by Crippen LogP contribution is 2.31. The summed E-state index contributed by atoms with van der Waals surface area (Å²) in [5.41, 5.74) is 6.90. The highest BCUT2D eigenvalue weighted by molar-refractivity contribution is 14.1. The minimum absolute atomic E-state index is 0.0713. The monoisotopic (exact) mass is 261 g/mol. The third-order valence-corrected chi connectivity index (χ3v) is 2.46. The molecule has 2 rings (SSSR count). The number of rotatable bonds is 0. The van der Waals surface area contributed by atoms with Gasteiger partial charge in [-0.1, -0.05) is 6.07 Å². The molecule has 0 bridgehead atoms. The van der Waals surface area contributed by atoms with Gasteiger partial charge in [-0.15, -0.1) is 0 Å². The lowest BCUT2D eigenvalue weighted by Gasteiger charge is -1.99. The Labute approximate surface area is 78.9 Å². The van der Waals surface area contributed by atoms with Gasteiger partial charge in [-0.2, -0.15) is 0 Å². The van der Waals surface area contributed by atoms with E-state index in [-0.39, 0.29) is 6.04 Å². The van der Waals surface area contributed by atoms with Crippen LogP contribution in [0.15, 0.2) is 18.2 Å². The number of ether oxygens (including phenoxy) is 1. The van der Waals surface area contributed by atoms with Crippen LogP contribution in [0.4, 0.5) is 0 Å². The number of hydrogen-bond donors (Lipinski definition) is 1. The van der Waals surface area contributed by atoms with Gasteiger partial charge in [-0.05, 0) is 34.7 Å². The molecule has 0 aromatic heterocycles. The van der Waals surface area contributed by atoms with Crippen molar-refractivity contribution in [1.29, 1.82) is 0 Å². The van der Waals surface area contributed by atoms with E-state index >= 15 is 0 Å². The van der Waals surface area contributed by atoms with Crippen LogP contribution in [-0.2, 0) is 0 Å². The van der Waals surface area contributed by atoms with Gasteiger partial charge in [-0.25, -0.2) is 0 Å². The van der Waals surface area contributed by atoms with Crippen LogP contribution < -0.4 is 10.5 Å². The molecule has 1 aliphatic heterocycles. The molecule has 1 aromatic rings. The second-order valence-corrected chi connectivity index (χ2v) is 3.85. The Bertz CT molecular complexity index is 287. The molecule has 1 aliphatic rings. The van der Waals surface area contributed by atoms with Crippen molar-refractivity contribution in [1.82, 2.24) is 0 Å². The van der Waals surface area contributed by atoms with E-state index in [1.54, 1.807) is 0 Å². The molecule has 0 fully saturated rings. The third-order valence-electron chi connectivity index (χ3n) is 1.79. The predicted octanol–water partition coefficient (Wildman–Crippen LogP) is 1.68. The summed E-state index contributed by atoms with van der Waals surface area (Å²) >= 11 is 2.26. The zero-order chi connectivity index (χ0) is 7.84. The molecule has 0 saturated carbocycles. The summed E-state index contributed by atoms with van der Waals surface area (Å²) in [5, 5.41) is 0. The van der Waals surface area contributed by atoms with Crippen LogP contribution in [0, 0.1) is 3.57 Å². The SMILES string of the molecule is N[C@@H]1COc2cc(I)ccc21. The average molecular weight is 261 g/mol. The Morgan fingerprint density at radius 3 is 3.18 bits per heavy atom. The Kier molecular flexibility index (Phi) is 1.77. The average Bonchev–Trinajstić information content (AvgIpc) is 2.32. The van der Waals surface area contributed by atoms with Gasteiger partial charge >= 0.3 is 0 Å². The maximum Gasteiger partial charge on any atom is 0.125 e. The van der Waals surface area contributed by atoms with Crippen LogP contribution in [-0.4, -0.2) is 6.61 Å². The largest absolute Gasteiger partial charge is 0.491 e. The lowest BCUT2D eigenvalue weighted by Crippen LogP contribution is -2.10. The van der Waals surface area contributed by atoms with Gasteiger partial charge in [0.25, 0.3) is 0 Å². The van der Waals surface area contributed by atoms with Crippen LogP contribution in [0.25, 0.3) is 0 Å². The minimum atomic E-state index is 0.0713. The number of nitrogens with two attached hydrogens (primary N) is 1. The van der Waals surface area contributed by atoms with E-state index in [0.29, 0.717) is 6.61 Å². The summed E-state index contributed by atoms with van der Waals surface area (Å²) in [4.78, 5) is 0. The first kappa shape index (κ1) is 7.36. The van der Waals surface area contributed by atoms with Gasteiger partial charge in [-0.3, -0.25) is 0 Å². The second kappa shape index (κ2) is 2.64. The highest BCUT2D eigenvalue weighted by Gasteiger charge is 2.19. The molecule has 11 heavy (non-hydrogen) atoms. The predicted molar refractivity (Wildman–Crippen MR) is 51.6 cm³/mol. The fraction of sp³-hybridized carbons (Fsp3) is 0.250. The van der Waals surface area contributed by atoms with Crippen molar-refractivity contribution in [3.8, 4) is 5.75 Å². The van der Waals surface area contributed by atoms with E-state index in [0.717, 1.165) is 11.3 Å². The zero-order valence-corrected chi connectivity index (χ0v) is 8.04. The minimum Gasteiger partial charge on any atom is -0.491 e. The number of hydrogen-bond acceptors (Lipinski definition) is 2. The summed E-state index contributed by atoms with van der Waals surface area (Å²) in [6.45, 7) is 0.620. The molecule has 0 spiro atoms. The summed E-state index contributed by atoms with van der Waals surface area (Å²) < 4.78 is 6.55. The second-order valence-electron chi connectivity index (χ2n) is 2.60. The Balaban J connectivity index is 2.50. The standard InChI is InChI=1S/C8H8INO/c9-5-1-2-6-7(10)4-11-8(6)3-5/h1-3,7H,4,10H2/t7-/m1/s1. The molecule has 0 unspecified atom stereocenters. The molecule has 0 aliphatic carbocycles. The zero-order valence-electron chi connectivity index (χ0n) is 5.88. The number of benzene rings is 1. The van der Waals surface area contributed by atoms with Crippen molar-refractivity contribution in [3.63, 3.8) is 0 Å². The first-order chi connectivity index (χ1) is 5.27. The first-order valence-corrected chi connectivity index (χ1v) is 4.53. The van der Waals surface area contributed by atoms with Crippen molar-refractivity contribution in [2.24, 2.45) is 5.73 Å². The first-order valence-electron chi connectivity index (χ1n) is 3.45.